The quantitative estimate of drug-likeness (QED) is 0.765. The van der Waals surface area contributed by atoms with Crippen molar-refractivity contribution in [2.45, 2.75) is 38.3 Å². The van der Waals surface area contributed by atoms with Crippen LogP contribution in [-0.2, 0) is 10.9 Å². The number of rotatable bonds is 5. The number of hydrogen-bond acceptors (Lipinski definition) is 5. The van der Waals surface area contributed by atoms with Crippen LogP contribution in [-0.4, -0.2) is 32.7 Å². The number of halogens is 6. The van der Waals surface area contributed by atoms with Crippen molar-refractivity contribution in [1.82, 2.24) is 19.9 Å². The fraction of sp³-hybridized carbons (Fsp3) is 0.583. The van der Waals surface area contributed by atoms with Crippen LogP contribution in [0.2, 0.25) is 0 Å². The van der Waals surface area contributed by atoms with E-state index in [1.54, 1.807) is 0 Å². The van der Waals surface area contributed by atoms with E-state index in [0.29, 0.717) is 0 Å². The summed E-state index contributed by atoms with van der Waals surface area (Å²) in [7, 11) is 0. The van der Waals surface area contributed by atoms with Gasteiger partial charge in [-0.2, -0.15) is 36.4 Å². The van der Waals surface area contributed by atoms with Crippen LogP contribution in [0.4, 0.5) is 26.3 Å². The molecule has 134 valence electrons. The van der Waals surface area contributed by atoms with Crippen molar-refractivity contribution in [1.29, 1.82) is 0 Å². The van der Waals surface area contributed by atoms with E-state index >= 15 is 0 Å². The first-order valence-electron chi connectivity index (χ1n) is 6.61. The first-order valence-corrected chi connectivity index (χ1v) is 6.61. The monoisotopic (exact) mass is 358 g/mol. The van der Waals surface area contributed by atoms with Gasteiger partial charge in [-0.1, -0.05) is 5.16 Å². The summed E-state index contributed by atoms with van der Waals surface area (Å²) in [6.45, 7) is 1.26. The topological polar surface area (TPSA) is 66.0 Å². The highest BCUT2D eigenvalue weighted by atomic mass is 19.4. The summed E-state index contributed by atoms with van der Waals surface area (Å²) in [4.78, 5) is 3.85. The third kappa shape index (κ3) is 4.46. The summed E-state index contributed by atoms with van der Waals surface area (Å²) in [5, 5.41) is 6.84. The number of hydrogen-bond donors (Lipinski definition) is 0. The van der Waals surface area contributed by atoms with Gasteiger partial charge < -0.3 is 9.26 Å². The second kappa shape index (κ2) is 6.42. The minimum Gasteiger partial charge on any atom is -0.361 e. The van der Waals surface area contributed by atoms with Crippen molar-refractivity contribution in [3.05, 3.63) is 29.7 Å². The fourth-order valence-electron chi connectivity index (χ4n) is 1.69. The van der Waals surface area contributed by atoms with Gasteiger partial charge in [0.2, 0.25) is 0 Å². The van der Waals surface area contributed by atoms with E-state index in [-0.39, 0.29) is 11.7 Å². The van der Waals surface area contributed by atoms with E-state index in [1.165, 1.54) is 13.8 Å². The van der Waals surface area contributed by atoms with Crippen molar-refractivity contribution in [3.8, 4) is 0 Å². The molecule has 0 aliphatic rings. The zero-order valence-electron chi connectivity index (χ0n) is 12.4. The minimum atomic E-state index is -4.59. The SMILES string of the molecule is CC(OCC(F)(F)F)c1noc(C(C)n2ccc(C(F)(F)F)n2)n1. The zero-order valence-corrected chi connectivity index (χ0v) is 12.4. The van der Waals surface area contributed by atoms with Crippen molar-refractivity contribution in [2.24, 2.45) is 0 Å². The Balaban J connectivity index is 2.08. The fourth-order valence-corrected chi connectivity index (χ4v) is 1.69. The Kier molecular flexibility index (Phi) is 4.87. The third-order valence-electron chi connectivity index (χ3n) is 2.97. The van der Waals surface area contributed by atoms with Crippen molar-refractivity contribution in [2.75, 3.05) is 6.61 Å². The highest BCUT2D eigenvalue weighted by molar-refractivity contribution is 5.06. The number of aromatic nitrogens is 4. The maximum atomic E-state index is 12.5. The highest BCUT2D eigenvalue weighted by Crippen LogP contribution is 2.29. The maximum Gasteiger partial charge on any atom is 0.435 e. The summed E-state index contributed by atoms with van der Waals surface area (Å²) in [6.07, 6.45) is -9.11. The first kappa shape index (κ1) is 18.2. The van der Waals surface area contributed by atoms with E-state index in [2.05, 4.69) is 20.0 Å². The molecule has 0 saturated carbocycles. The molecule has 0 aliphatic heterocycles. The number of alkyl halides is 6. The largest absolute Gasteiger partial charge is 0.435 e. The minimum absolute atomic E-state index is 0.107. The Morgan fingerprint density at radius 2 is 1.88 bits per heavy atom. The molecule has 2 heterocycles. The van der Waals surface area contributed by atoms with Gasteiger partial charge in [0.15, 0.2) is 11.5 Å². The molecule has 0 radical (unpaired) electrons. The molecule has 6 nitrogen and oxygen atoms in total. The average molecular weight is 358 g/mol. The summed E-state index contributed by atoms with van der Waals surface area (Å²) in [5.41, 5.74) is -1.09. The van der Waals surface area contributed by atoms with E-state index < -0.39 is 36.8 Å². The molecule has 0 saturated heterocycles. The smallest absolute Gasteiger partial charge is 0.361 e. The molecule has 0 amide bonds. The van der Waals surface area contributed by atoms with E-state index in [1.807, 2.05) is 0 Å². The van der Waals surface area contributed by atoms with Crippen LogP contribution in [0.3, 0.4) is 0 Å². The zero-order chi connectivity index (χ0) is 18.1. The molecular formula is C12H12F6N4O2. The van der Waals surface area contributed by atoms with Gasteiger partial charge in [-0.15, -0.1) is 0 Å². The highest BCUT2D eigenvalue weighted by Gasteiger charge is 2.34. The predicted molar refractivity (Wildman–Crippen MR) is 65.8 cm³/mol. The van der Waals surface area contributed by atoms with Crippen molar-refractivity contribution in [3.63, 3.8) is 0 Å². The normalized spacial score (nSPS) is 15.5. The Morgan fingerprint density at radius 3 is 2.42 bits per heavy atom. The maximum absolute atomic E-state index is 12.5. The van der Waals surface area contributed by atoms with Gasteiger partial charge in [0.05, 0.1) is 0 Å². The van der Waals surface area contributed by atoms with Gasteiger partial charge >= 0.3 is 12.4 Å². The van der Waals surface area contributed by atoms with Crippen LogP contribution in [0.25, 0.3) is 0 Å². The number of nitrogens with zero attached hydrogens (tertiary/aromatic N) is 4. The molecule has 2 aromatic heterocycles. The van der Waals surface area contributed by atoms with Gasteiger partial charge in [0.1, 0.15) is 18.8 Å². The van der Waals surface area contributed by atoms with Crippen molar-refractivity contribution >= 4 is 0 Å². The number of ether oxygens (including phenoxy) is 1. The first-order chi connectivity index (χ1) is 11.0. The molecule has 2 rings (SSSR count). The molecule has 0 fully saturated rings. The molecule has 0 bridgehead atoms. The standard InChI is InChI=1S/C12H12F6N4O2/c1-6(22-4-3-8(20-22)12(16,17)18)10-19-9(21-24-10)7(2)23-5-11(13,14)15/h3-4,6-7H,5H2,1-2H3. The van der Waals surface area contributed by atoms with Crippen LogP contribution in [0.15, 0.2) is 16.8 Å². The lowest BCUT2D eigenvalue weighted by Gasteiger charge is -2.11. The van der Waals surface area contributed by atoms with Crippen LogP contribution >= 0.6 is 0 Å². The summed E-state index contributed by atoms with van der Waals surface area (Å²) < 4.78 is 84.2. The van der Waals surface area contributed by atoms with Crippen LogP contribution < -0.4 is 0 Å². The van der Waals surface area contributed by atoms with Crippen molar-refractivity contribution < 1.29 is 35.6 Å². The van der Waals surface area contributed by atoms with Gasteiger partial charge in [-0.3, -0.25) is 4.68 Å². The molecule has 0 spiro atoms. The molecule has 0 aromatic carbocycles. The lowest BCUT2D eigenvalue weighted by Crippen LogP contribution is -2.19. The predicted octanol–water partition coefficient (Wildman–Crippen LogP) is 3.53. The lowest BCUT2D eigenvalue weighted by atomic mass is 10.3. The van der Waals surface area contributed by atoms with E-state index in [0.717, 1.165) is 16.9 Å². The Hall–Kier alpha value is -2.11. The Bertz CT molecular complexity index is 678. The Labute approximate surface area is 131 Å². The van der Waals surface area contributed by atoms with Gasteiger partial charge in [-0.05, 0) is 19.9 Å². The Morgan fingerprint density at radius 1 is 1.21 bits per heavy atom. The molecule has 0 aliphatic carbocycles. The summed E-state index contributed by atoms with van der Waals surface area (Å²) in [6, 6.07) is -0.0554. The molecule has 2 atom stereocenters. The van der Waals surface area contributed by atoms with Gasteiger partial charge in [-0.25, -0.2) is 0 Å². The van der Waals surface area contributed by atoms with Crippen LogP contribution in [0, 0.1) is 0 Å². The second-order valence-electron chi connectivity index (χ2n) is 4.91. The molecule has 24 heavy (non-hydrogen) atoms. The van der Waals surface area contributed by atoms with Crippen LogP contribution in [0.1, 0.15) is 43.4 Å². The summed E-state index contributed by atoms with van der Waals surface area (Å²) >= 11 is 0. The van der Waals surface area contributed by atoms with Gasteiger partial charge in [0, 0.05) is 6.20 Å². The third-order valence-corrected chi connectivity index (χ3v) is 2.97. The van der Waals surface area contributed by atoms with Crippen LogP contribution in [0.5, 0.6) is 0 Å². The molecule has 12 heteroatoms. The lowest BCUT2D eigenvalue weighted by molar-refractivity contribution is -0.185. The molecule has 2 unspecified atom stereocenters. The van der Waals surface area contributed by atoms with E-state index in [9.17, 15) is 26.3 Å². The molecule has 0 N–H and O–H groups in total. The summed E-state index contributed by atoms with van der Waals surface area (Å²) in [5.74, 6) is -0.256. The molecule has 2 aromatic rings. The average Bonchev–Trinajstić information content (AvgIpc) is 3.11. The second-order valence-corrected chi connectivity index (χ2v) is 4.91. The molecular weight excluding hydrogens is 346 g/mol. The van der Waals surface area contributed by atoms with Gasteiger partial charge in [0.25, 0.3) is 5.89 Å². The van der Waals surface area contributed by atoms with E-state index in [4.69, 9.17) is 4.52 Å².